The summed E-state index contributed by atoms with van der Waals surface area (Å²) in [6, 6.07) is 9.37. The molecule has 4 aromatic rings. The van der Waals surface area contributed by atoms with Gasteiger partial charge in [0, 0.05) is 37.1 Å². The standard InChI is InChI=1S/C19H19N7O3/c27-17(21-9-4-7-16-24-23-15-6-1-2-10-26(15)16)12-28-13-18-22-19(25-29-18)14-5-3-8-20-11-14/h1-3,5-6,8,10-11H,4,7,9,12-13H2,(H,21,27). The smallest absolute Gasteiger partial charge is 0.252 e. The van der Waals surface area contributed by atoms with Gasteiger partial charge >= 0.3 is 0 Å². The number of amides is 1. The topological polar surface area (TPSA) is 120 Å². The third kappa shape index (κ3) is 4.79. The van der Waals surface area contributed by atoms with Gasteiger partial charge in [0.2, 0.25) is 11.7 Å². The molecule has 0 saturated carbocycles. The van der Waals surface area contributed by atoms with Gasteiger partial charge in [0.05, 0.1) is 0 Å². The van der Waals surface area contributed by atoms with Crippen molar-refractivity contribution < 1.29 is 14.1 Å². The molecule has 148 valence electrons. The van der Waals surface area contributed by atoms with Crippen molar-refractivity contribution in [2.75, 3.05) is 13.2 Å². The van der Waals surface area contributed by atoms with E-state index in [9.17, 15) is 4.79 Å². The van der Waals surface area contributed by atoms with E-state index in [-0.39, 0.29) is 19.1 Å². The number of nitrogens with zero attached hydrogens (tertiary/aromatic N) is 6. The summed E-state index contributed by atoms with van der Waals surface area (Å²) in [5.41, 5.74) is 1.56. The van der Waals surface area contributed by atoms with Crippen LogP contribution in [0.1, 0.15) is 18.1 Å². The van der Waals surface area contributed by atoms with Gasteiger partial charge in [0.15, 0.2) is 5.65 Å². The highest BCUT2D eigenvalue weighted by Crippen LogP contribution is 2.13. The molecule has 0 fully saturated rings. The molecular weight excluding hydrogens is 374 g/mol. The Labute approximate surface area is 165 Å². The molecule has 0 aliphatic heterocycles. The number of fused-ring (bicyclic) bond motifs is 1. The van der Waals surface area contributed by atoms with Crippen LogP contribution in [0.5, 0.6) is 0 Å². The van der Waals surface area contributed by atoms with Crippen molar-refractivity contribution in [3.8, 4) is 11.4 Å². The molecule has 0 bridgehead atoms. The fourth-order valence-electron chi connectivity index (χ4n) is 2.74. The van der Waals surface area contributed by atoms with Gasteiger partial charge in [0.1, 0.15) is 19.0 Å². The lowest BCUT2D eigenvalue weighted by Gasteiger charge is -2.05. The monoisotopic (exact) mass is 393 g/mol. The minimum absolute atomic E-state index is 0.0619. The van der Waals surface area contributed by atoms with E-state index in [0.717, 1.165) is 23.5 Å². The number of hydrogen-bond donors (Lipinski definition) is 1. The Kier molecular flexibility index (Phi) is 5.81. The molecule has 0 radical (unpaired) electrons. The molecule has 0 unspecified atom stereocenters. The van der Waals surface area contributed by atoms with Crippen LogP contribution in [0.2, 0.25) is 0 Å². The summed E-state index contributed by atoms with van der Waals surface area (Å²) in [5, 5.41) is 15.0. The van der Waals surface area contributed by atoms with Crippen LogP contribution in [0.25, 0.3) is 17.0 Å². The quantitative estimate of drug-likeness (QED) is 0.424. The summed E-state index contributed by atoms with van der Waals surface area (Å²) < 4.78 is 12.4. The van der Waals surface area contributed by atoms with Gasteiger partial charge in [-0.05, 0) is 30.7 Å². The van der Waals surface area contributed by atoms with Crippen molar-refractivity contribution in [1.82, 2.24) is 35.0 Å². The molecular formula is C19H19N7O3. The van der Waals surface area contributed by atoms with Crippen LogP contribution in [-0.4, -0.2) is 48.8 Å². The maximum Gasteiger partial charge on any atom is 0.252 e. The average molecular weight is 393 g/mol. The number of rotatable bonds is 9. The molecule has 1 N–H and O–H groups in total. The Balaban J connectivity index is 1.15. The molecule has 0 atom stereocenters. The first-order valence-corrected chi connectivity index (χ1v) is 9.15. The zero-order chi connectivity index (χ0) is 19.9. The van der Waals surface area contributed by atoms with E-state index < -0.39 is 0 Å². The third-order valence-electron chi connectivity index (χ3n) is 4.13. The number of pyridine rings is 2. The average Bonchev–Trinajstić information content (AvgIpc) is 3.39. The number of carbonyl (C=O) groups is 1. The highest BCUT2D eigenvalue weighted by molar-refractivity contribution is 5.77. The minimum atomic E-state index is -0.205. The summed E-state index contributed by atoms with van der Waals surface area (Å²) in [6.45, 7) is 0.501. The largest absolute Gasteiger partial charge is 0.362 e. The zero-order valence-electron chi connectivity index (χ0n) is 15.6. The molecule has 0 spiro atoms. The summed E-state index contributed by atoms with van der Waals surface area (Å²) in [5.74, 6) is 1.40. The van der Waals surface area contributed by atoms with Crippen LogP contribution in [0, 0.1) is 0 Å². The molecule has 4 aromatic heterocycles. The molecule has 1 amide bonds. The van der Waals surface area contributed by atoms with Crippen molar-refractivity contribution in [3.63, 3.8) is 0 Å². The first kappa shape index (κ1) is 18.7. The van der Waals surface area contributed by atoms with E-state index in [4.69, 9.17) is 9.26 Å². The minimum Gasteiger partial charge on any atom is -0.362 e. The van der Waals surface area contributed by atoms with Crippen molar-refractivity contribution in [3.05, 3.63) is 60.6 Å². The molecule has 10 nitrogen and oxygen atoms in total. The van der Waals surface area contributed by atoms with Crippen LogP contribution in [0.4, 0.5) is 0 Å². The first-order chi connectivity index (χ1) is 14.3. The summed E-state index contributed by atoms with van der Waals surface area (Å²) in [4.78, 5) is 20.1. The van der Waals surface area contributed by atoms with Gasteiger partial charge in [-0.1, -0.05) is 11.2 Å². The normalized spacial score (nSPS) is 11.0. The van der Waals surface area contributed by atoms with E-state index in [1.54, 1.807) is 18.5 Å². The van der Waals surface area contributed by atoms with Gasteiger partial charge in [-0.15, -0.1) is 10.2 Å². The highest BCUT2D eigenvalue weighted by Gasteiger charge is 2.10. The molecule has 10 heteroatoms. The van der Waals surface area contributed by atoms with Crippen molar-refractivity contribution >= 4 is 11.6 Å². The Bertz CT molecular complexity index is 1080. The second-order valence-corrected chi connectivity index (χ2v) is 6.24. The molecule has 0 saturated heterocycles. The maximum absolute atomic E-state index is 11.9. The molecule has 0 aliphatic carbocycles. The van der Waals surface area contributed by atoms with Gasteiger partial charge in [-0.2, -0.15) is 4.98 Å². The first-order valence-electron chi connectivity index (χ1n) is 9.15. The van der Waals surface area contributed by atoms with Gasteiger partial charge < -0.3 is 14.6 Å². The number of carbonyl (C=O) groups excluding carboxylic acids is 1. The SMILES string of the molecule is O=C(COCc1nc(-c2cccnc2)no1)NCCCc1nnc2ccccn12. The Hall–Kier alpha value is -3.66. The third-order valence-corrected chi connectivity index (χ3v) is 4.13. The lowest BCUT2D eigenvalue weighted by molar-refractivity contribution is -0.126. The maximum atomic E-state index is 11.9. The molecule has 29 heavy (non-hydrogen) atoms. The van der Waals surface area contributed by atoms with Gasteiger partial charge in [-0.3, -0.25) is 14.2 Å². The number of nitrogens with one attached hydrogen (secondary N) is 1. The molecule has 4 rings (SSSR count). The lowest BCUT2D eigenvalue weighted by atomic mass is 10.3. The van der Waals surface area contributed by atoms with E-state index in [2.05, 4.69) is 30.6 Å². The summed E-state index contributed by atoms with van der Waals surface area (Å²) in [7, 11) is 0. The van der Waals surface area contributed by atoms with Crippen LogP contribution < -0.4 is 5.32 Å². The Morgan fingerprint density at radius 1 is 1.21 bits per heavy atom. The molecule has 4 heterocycles. The second-order valence-electron chi connectivity index (χ2n) is 6.24. The van der Waals surface area contributed by atoms with Crippen LogP contribution in [0.15, 0.2) is 53.4 Å². The fourth-order valence-corrected chi connectivity index (χ4v) is 2.74. The zero-order valence-corrected chi connectivity index (χ0v) is 15.6. The van der Waals surface area contributed by atoms with Crippen molar-refractivity contribution in [2.45, 2.75) is 19.4 Å². The number of ether oxygens (including phenoxy) is 1. The lowest BCUT2D eigenvalue weighted by Crippen LogP contribution is -2.28. The van der Waals surface area contributed by atoms with Gasteiger partial charge in [-0.25, -0.2) is 0 Å². The number of hydrogen-bond acceptors (Lipinski definition) is 8. The van der Waals surface area contributed by atoms with E-state index in [1.165, 1.54) is 0 Å². The second kappa shape index (κ2) is 9.02. The van der Waals surface area contributed by atoms with Crippen molar-refractivity contribution in [1.29, 1.82) is 0 Å². The number of aromatic nitrogens is 6. The molecule has 0 aliphatic rings. The predicted octanol–water partition coefficient (Wildman–Crippen LogP) is 1.44. The van der Waals surface area contributed by atoms with Crippen molar-refractivity contribution in [2.24, 2.45) is 0 Å². The molecule has 0 aromatic carbocycles. The van der Waals surface area contributed by atoms with Gasteiger partial charge in [0.25, 0.3) is 5.89 Å². The van der Waals surface area contributed by atoms with E-state index in [1.807, 2.05) is 34.9 Å². The van der Waals surface area contributed by atoms with E-state index >= 15 is 0 Å². The van der Waals surface area contributed by atoms with E-state index in [0.29, 0.717) is 24.7 Å². The Morgan fingerprint density at radius 2 is 2.17 bits per heavy atom. The predicted molar refractivity (Wildman–Crippen MR) is 102 cm³/mol. The number of aryl methyl sites for hydroxylation is 1. The van der Waals surface area contributed by atoms with Crippen LogP contribution in [0.3, 0.4) is 0 Å². The summed E-state index contributed by atoms with van der Waals surface area (Å²) in [6.07, 6.45) is 6.70. The Morgan fingerprint density at radius 3 is 3.07 bits per heavy atom. The summed E-state index contributed by atoms with van der Waals surface area (Å²) >= 11 is 0. The fraction of sp³-hybridized carbons (Fsp3) is 0.263. The van der Waals surface area contributed by atoms with Crippen LogP contribution >= 0.6 is 0 Å². The van der Waals surface area contributed by atoms with Crippen LogP contribution in [-0.2, 0) is 22.6 Å². The highest BCUT2D eigenvalue weighted by atomic mass is 16.5.